The highest BCUT2D eigenvalue weighted by molar-refractivity contribution is 14.0. The standard InChI is InChI=1S/C14H28N4O2S.HI/c1-3-15-14(16-10-12-4-5-12)17-11-13-6-8-18(9-7-13)21(2,19)20;/h12-13H,3-11H2,1-2H3,(H2,15,16,17);1H. The minimum Gasteiger partial charge on any atom is -0.357 e. The van der Waals surface area contributed by atoms with Gasteiger partial charge in [-0.3, -0.25) is 4.99 Å². The van der Waals surface area contributed by atoms with Crippen molar-refractivity contribution in [3.8, 4) is 0 Å². The van der Waals surface area contributed by atoms with Crippen molar-refractivity contribution >= 4 is 40.0 Å². The van der Waals surface area contributed by atoms with E-state index in [0.29, 0.717) is 19.0 Å². The lowest BCUT2D eigenvalue weighted by Crippen LogP contribution is -2.44. The molecule has 6 nitrogen and oxygen atoms in total. The maximum atomic E-state index is 11.5. The maximum Gasteiger partial charge on any atom is 0.211 e. The van der Waals surface area contributed by atoms with Crippen LogP contribution in [-0.2, 0) is 10.0 Å². The van der Waals surface area contributed by atoms with E-state index >= 15 is 0 Å². The van der Waals surface area contributed by atoms with Crippen LogP contribution in [0.1, 0.15) is 32.6 Å². The number of sulfonamides is 1. The summed E-state index contributed by atoms with van der Waals surface area (Å²) in [5, 5.41) is 6.67. The van der Waals surface area contributed by atoms with E-state index in [1.165, 1.54) is 19.1 Å². The summed E-state index contributed by atoms with van der Waals surface area (Å²) >= 11 is 0. The molecule has 2 N–H and O–H groups in total. The second-order valence-electron chi connectivity index (χ2n) is 6.15. The van der Waals surface area contributed by atoms with Crippen LogP contribution in [-0.4, -0.2) is 57.7 Å². The Hall–Kier alpha value is -0.0900. The van der Waals surface area contributed by atoms with Crippen molar-refractivity contribution in [2.45, 2.75) is 32.6 Å². The lowest BCUT2D eigenvalue weighted by atomic mass is 9.98. The largest absolute Gasteiger partial charge is 0.357 e. The fourth-order valence-corrected chi connectivity index (χ4v) is 3.42. The van der Waals surface area contributed by atoms with Crippen molar-refractivity contribution in [2.24, 2.45) is 16.8 Å². The summed E-state index contributed by atoms with van der Waals surface area (Å²) in [7, 11) is -3.02. The molecule has 1 saturated carbocycles. The van der Waals surface area contributed by atoms with Crippen LogP contribution >= 0.6 is 24.0 Å². The molecule has 0 aromatic carbocycles. The Kier molecular flexibility index (Phi) is 8.40. The van der Waals surface area contributed by atoms with Crippen molar-refractivity contribution in [3.63, 3.8) is 0 Å². The summed E-state index contributed by atoms with van der Waals surface area (Å²) in [5.41, 5.74) is 0. The van der Waals surface area contributed by atoms with Crippen LogP contribution in [0, 0.1) is 11.8 Å². The molecular weight excluding hydrogens is 415 g/mol. The predicted molar refractivity (Wildman–Crippen MR) is 101 cm³/mol. The third kappa shape index (κ3) is 6.99. The molecule has 1 heterocycles. The summed E-state index contributed by atoms with van der Waals surface area (Å²) in [6, 6.07) is 0. The molecule has 0 atom stereocenters. The minimum atomic E-state index is -3.02. The highest BCUT2D eigenvalue weighted by Gasteiger charge is 2.25. The average molecular weight is 444 g/mol. The van der Waals surface area contributed by atoms with Gasteiger partial charge in [-0.1, -0.05) is 0 Å². The minimum absolute atomic E-state index is 0. The number of rotatable bonds is 6. The zero-order valence-electron chi connectivity index (χ0n) is 13.5. The van der Waals surface area contributed by atoms with Gasteiger partial charge in [0.25, 0.3) is 0 Å². The molecule has 1 saturated heterocycles. The Morgan fingerprint density at radius 1 is 1.14 bits per heavy atom. The number of halogens is 1. The number of aliphatic imine (C=N–C) groups is 1. The van der Waals surface area contributed by atoms with Crippen molar-refractivity contribution in [1.29, 1.82) is 0 Å². The van der Waals surface area contributed by atoms with E-state index in [2.05, 4.69) is 22.5 Å². The molecule has 1 aliphatic carbocycles. The van der Waals surface area contributed by atoms with Crippen LogP contribution in [0.25, 0.3) is 0 Å². The number of guanidine groups is 1. The van der Waals surface area contributed by atoms with Crippen LogP contribution < -0.4 is 10.6 Å². The van der Waals surface area contributed by atoms with Crippen molar-refractivity contribution in [2.75, 3.05) is 39.0 Å². The second kappa shape index (κ2) is 9.27. The predicted octanol–water partition coefficient (Wildman–Crippen LogP) is 1.24. The molecule has 0 aromatic rings. The molecule has 0 amide bonds. The van der Waals surface area contributed by atoms with E-state index < -0.39 is 10.0 Å². The quantitative estimate of drug-likeness (QED) is 0.368. The van der Waals surface area contributed by atoms with Gasteiger partial charge in [0.15, 0.2) is 5.96 Å². The molecule has 0 radical (unpaired) electrons. The van der Waals surface area contributed by atoms with Gasteiger partial charge in [-0.2, -0.15) is 0 Å². The van der Waals surface area contributed by atoms with E-state index in [1.54, 1.807) is 4.31 Å². The zero-order chi connectivity index (χ0) is 15.3. The smallest absolute Gasteiger partial charge is 0.211 e. The molecule has 2 aliphatic rings. The van der Waals surface area contributed by atoms with Gasteiger partial charge in [-0.15, -0.1) is 24.0 Å². The van der Waals surface area contributed by atoms with E-state index in [9.17, 15) is 8.42 Å². The third-order valence-corrected chi connectivity index (χ3v) is 5.45. The monoisotopic (exact) mass is 444 g/mol. The summed E-state index contributed by atoms with van der Waals surface area (Å²) < 4.78 is 24.5. The summed E-state index contributed by atoms with van der Waals surface area (Å²) in [4.78, 5) is 4.60. The SMILES string of the molecule is CCNC(=NCC1CC1)NCC1CCN(S(C)(=O)=O)CC1.I. The molecule has 0 bridgehead atoms. The first-order valence-corrected chi connectivity index (χ1v) is 9.81. The molecule has 2 rings (SSSR count). The average Bonchev–Trinajstić information content (AvgIpc) is 3.25. The Balaban J connectivity index is 0.00000242. The highest BCUT2D eigenvalue weighted by atomic mass is 127. The zero-order valence-corrected chi connectivity index (χ0v) is 16.7. The van der Waals surface area contributed by atoms with Crippen LogP contribution in [0.3, 0.4) is 0 Å². The first kappa shape index (κ1) is 20.0. The van der Waals surface area contributed by atoms with Crippen LogP contribution in [0.4, 0.5) is 0 Å². The number of nitrogens with one attached hydrogen (secondary N) is 2. The first-order valence-electron chi connectivity index (χ1n) is 7.96. The molecule has 130 valence electrons. The first-order chi connectivity index (χ1) is 9.99. The topological polar surface area (TPSA) is 73.8 Å². The summed E-state index contributed by atoms with van der Waals surface area (Å²) in [6.07, 6.45) is 5.75. The molecule has 22 heavy (non-hydrogen) atoms. The Morgan fingerprint density at radius 3 is 2.27 bits per heavy atom. The lowest BCUT2D eigenvalue weighted by molar-refractivity contribution is 0.275. The summed E-state index contributed by atoms with van der Waals surface area (Å²) in [5.74, 6) is 2.21. The van der Waals surface area contributed by atoms with E-state index in [-0.39, 0.29) is 24.0 Å². The fraction of sp³-hybridized carbons (Fsp3) is 0.929. The number of nitrogens with zero attached hydrogens (tertiary/aromatic N) is 2. The van der Waals surface area contributed by atoms with Gasteiger partial charge in [0, 0.05) is 32.7 Å². The van der Waals surface area contributed by atoms with Gasteiger partial charge < -0.3 is 10.6 Å². The number of hydrogen-bond donors (Lipinski definition) is 2. The number of hydrogen-bond acceptors (Lipinski definition) is 3. The highest BCUT2D eigenvalue weighted by Crippen LogP contribution is 2.28. The Morgan fingerprint density at radius 2 is 1.77 bits per heavy atom. The Bertz CT molecular complexity index is 457. The molecule has 2 fully saturated rings. The Labute approximate surface area is 151 Å². The van der Waals surface area contributed by atoms with Crippen LogP contribution in [0.2, 0.25) is 0 Å². The van der Waals surface area contributed by atoms with Crippen molar-refractivity contribution in [3.05, 3.63) is 0 Å². The maximum absolute atomic E-state index is 11.5. The van der Waals surface area contributed by atoms with Gasteiger partial charge in [0.05, 0.1) is 6.26 Å². The normalized spacial score (nSPS) is 21.3. The number of piperidine rings is 1. The second-order valence-corrected chi connectivity index (χ2v) is 8.13. The molecule has 8 heteroatoms. The van der Waals surface area contributed by atoms with Crippen LogP contribution in [0.5, 0.6) is 0 Å². The fourth-order valence-electron chi connectivity index (χ4n) is 2.55. The molecule has 0 spiro atoms. The van der Waals surface area contributed by atoms with Gasteiger partial charge in [-0.25, -0.2) is 12.7 Å². The van der Waals surface area contributed by atoms with Gasteiger partial charge in [-0.05, 0) is 44.4 Å². The molecular formula is C14H29IN4O2S. The van der Waals surface area contributed by atoms with E-state index in [0.717, 1.165) is 44.4 Å². The van der Waals surface area contributed by atoms with E-state index in [4.69, 9.17) is 0 Å². The molecule has 0 aromatic heterocycles. The molecule has 0 unspecified atom stereocenters. The van der Waals surface area contributed by atoms with Crippen LogP contribution in [0.15, 0.2) is 4.99 Å². The molecule has 1 aliphatic heterocycles. The summed E-state index contributed by atoms with van der Waals surface area (Å²) in [6.45, 7) is 6.00. The van der Waals surface area contributed by atoms with E-state index in [1.807, 2.05) is 0 Å². The van der Waals surface area contributed by atoms with Crippen molar-refractivity contribution in [1.82, 2.24) is 14.9 Å². The van der Waals surface area contributed by atoms with Crippen molar-refractivity contribution < 1.29 is 8.42 Å². The van der Waals surface area contributed by atoms with Gasteiger partial charge in [0.2, 0.25) is 10.0 Å². The van der Waals surface area contributed by atoms with Gasteiger partial charge >= 0.3 is 0 Å². The van der Waals surface area contributed by atoms with Gasteiger partial charge in [0.1, 0.15) is 0 Å². The third-order valence-electron chi connectivity index (χ3n) is 4.15. The lowest BCUT2D eigenvalue weighted by Gasteiger charge is -2.30.